The van der Waals surface area contributed by atoms with Gasteiger partial charge in [-0.05, 0) is 18.4 Å². The number of nitrogens with zero attached hydrogens (tertiary/aromatic N) is 2. The number of para-hydroxylation sites is 1. The van der Waals surface area contributed by atoms with Crippen LogP contribution in [0, 0.1) is 17.8 Å². The minimum absolute atomic E-state index is 0.0845. The van der Waals surface area contributed by atoms with E-state index in [1.807, 2.05) is 31.2 Å². The Labute approximate surface area is 178 Å². The first-order valence-electron chi connectivity index (χ1n) is 11.1. The number of hydrogen-bond donors (Lipinski definition) is 1. The summed E-state index contributed by atoms with van der Waals surface area (Å²) in [5, 5.41) is 2.06. The largest absolute Gasteiger partial charge is 0.326 e. The van der Waals surface area contributed by atoms with Gasteiger partial charge >= 0.3 is 0 Å². The monoisotopic (exact) mass is 410 g/mol. The quantitative estimate of drug-likeness (QED) is 0.550. The Morgan fingerprint density at radius 1 is 1.17 bits per heavy atom. The maximum atomic E-state index is 13.9. The molecule has 1 spiro atoms. The number of carbonyl (C=O) groups is 3. The standard InChI is InChI=1S/C24H31N3O3/c1-5-7-13-27-21(28)19-17(14-15(3)4)25-24(20(19)22(27)29)16-10-8-9-11-18(16)26(12-6-2)23(24)30/h6,8-11,15,17,19-20,25H,2,5,7,12-14H2,1,3-4H3/p+1/t17-,19-,20+,24-/m1/s1. The van der Waals surface area contributed by atoms with Crippen molar-refractivity contribution in [1.29, 1.82) is 0 Å². The second-order valence-corrected chi connectivity index (χ2v) is 9.24. The van der Waals surface area contributed by atoms with Gasteiger partial charge in [0.2, 0.25) is 17.4 Å². The average Bonchev–Trinajstić information content (AvgIpc) is 3.26. The molecule has 4 atom stereocenters. The van der Waals surface area contributed by atoms with Crippen LogP contribution in [0.5, 0.6) is 0 Å². The molecule has 2 saturated heterocycles. The molecule has 30 heavy (non-hydrogen) atoms. The minimum Gasteiger partial charge on any atom is -0.326 e. The highest BCUT2D eigenvalue weighted by Crippen LogP contribution is 2.51. The van der Waals surface area contributed by atoms with Gasteiger partial charge in [0.1, 0.15) is 17.9 Å². The number of benzene rings is 1. The zero-order valence-corrected chi connectivity index (χ0v) is 18.1. The molecule has 0 aliphatic carbocycles. The summed E-state index contributed by atoms with van der Waals surface area (Å²) in [4.78, 5) is 44.1. The van der Waals surface area contributed by atoms with Gasteiger partial charge in [0.05, 0.1) is 5.69 Å². The van der Waals surface area contributed by atoms with E-state index in [1.165, 1.54) is 4.90 Å². The predicted octanol–water partition coefficient (Wildman–Crippen LogP) is 1.81. The van der Waals surface area contributed by atoms with Crippen molar-refractivity contribution < 1.29 is 19.7 Å². The number of rotatable bonds is 7. The molecule has 3 aliphatic rings. The summed E-state index contributed by atoms with van der Waals surface area (Å²) >= 11 is 0. The molecular weight excluding hydrogens is 378 g/mol. The van der Waals surface area contributed by atoms with Crippen LogP contribution < -0.4 is 10.2 Å². The lowest BCUT2D eigenvalue weighted by Crippen LogP contribution is -2.99. The van der Waals surface area contributed by atoms with Crippen molar-refractivity contribution in [1.82, 2.24) is 4.90 Å². The number of imide groups is 1. The van der Waals surface area contributed by atoms with E-state index in [-0.39, 0.29) is 23.8 Å². The Bertz CT molecular complexity index is 895. The second kappa shape index (κ2) is 7.65. The van der Waals surface area contributed by atoms with Gasteiger partial charge in [-0.25, -0.2) is 0 Å². The van der Waals surface area contributed by atoms with Crippen molar-refractivity contribution in [3.05, 3.63) is 42.5 Å². The van der Waals surface area contributed by atoms with Crippen molar-refractivity contribution in [2.24, 2.45) is 17.8 Å². The van der Waals surface area contributed by atoms with E-state index >= 15 is 0 Å². The highest BCUT2D eigenvalue weighted by molar-refractivity contribution is 6.14. The minimum atomic E-state index is -1.06. The molecule has 160 valence electrons. The molecule has 6 heteroatoms. The number of likely N-dealkylation sites (tertiary alicyclic amines) is 1. The third-order valence-electron chi connectivity index (χ3n) is 6.90. The highest BCUT2D eigenvalue weighted by atomic mass is 16.2. The predicted molar refractivity (Wildman–Crippen MR) is 114 cm³/mol. The van der Waals surface area contributed by atoms with Gasteiger partial charge in [-0.3, -0.25) is 19.3 Å². The van der Waals surface area contributed by atoms with Gasteiger partial charge in [0.25, 0.3) is 5.91 Å². The fourth-order valence-electron chi connectivity index (χ4n) is 5.78. The maximum absolute atomic E-state index is 13.9. The van der Waals surface area contributed by atoms with Crippen LogP contribution in [0.3, 0.4) is 0 Å². The molecule has 0 unspecified atom stereocenters. The zero-order valence-electron chi connectivity index (χ0n) is 18.1. The summed E-state index contributed by atoms with van der Waals surface area (Å²) in [5.41, 5.74) is 0.629. The zero-order chi connectivity index (χ0) is 21.6. The fraction of sp³-hybridized carbons (Fsp3) is 0.542. The Hall–Kier alpha value is -2.47. The van der Waals surface area contributed by atoms with Gasteiger partial charge in [0.15, 0.2) is 0 Å². The van der Waals surface area contributed by atoms with Crippen LogP contribution in [0.25, 0.3) is 0 Å². The lowest BCUT2D eigenvalue weighted by molar-refractivity contribution is -0.734. The summed E-state index contributed by atoms with van der Waals surface area (Å²) in [5.74, 6) is -1.09. The third-order valence-corrected chi connectivity index (χ3v) is 6.90. The molecule has 0 saturated carbocycles. The lowest BCUT2D eigenvalue weighted by atomic mass is 9.76. The number of anilines is 1. The van der Waals surface area contributed by atoms with Crippen LogP contribution >= 0.6 is 0 Å². The van der Waals surface area contributed by atoms with Crippen LogP contribution in [-0.4, -0.2) is 41.8 Å². The van der Waals surface area contributed by atoms with E-state index < -0.39 is 17.4 Å². The summed E-state index contributed by atoms with van der Waals surface area (Å²) < 4.78 is 0. The Morgan fingerprint density at radius 2 is 1.90 bits per heavy atom. The molecule has 2 fully saturated rings. The first-order valence-corrected chi connectivity index (χ1v) is 11.1. The SMILES string of the molecule is C=CCN1C(=O)[C@@]2([NH2+][C@H](CC(C)C)[C@H]3C(=O)N(CCCC)C(=O)[C@H]32)c2ccccc21. The molecule has 3 amide bonds. The topological polar surface area (TPSA) is 74.3 Å². The van der Waals surface area contributed by atoms with E-state index in [2.05, 4.69) is 25.7 Å². The number of hydrogen-bond acceptors (Lipinski definition) is 3. The molecule has 4 rings (SSSR count). The van der Waals surface area contributed by atoms with Crippen LogP contribution in [0.2, 0.25) is 0 Å². The van der Waals surface area contributed by atoms with Crippen molar-refractivity contribution in [3.63, 3.8) is 0 Å². The maximum Gasteiger partial charge on any atom is 0.294 e. The highest BCUT2D eigenvalue weighted by Gasteiger charge is 2.75. The summed E-state index contributed by atoms with van der Waals surface area (Å²) in [7, 11) is 0. The molecule has 3 heterocycles. The average molecular weight is 411 g/mol. The molecule has 6 nitrogen and oxygen atoms in total. The Balaban J connectivity index is 1.85. The molecule has 2 N–H and O–H groups in total. The lowest BCUT2D eigenvalue weighted by Gasteiger charge is -2.27. The number of nitrogens with two attached hydrogens (primary N) is 1. The Morgan fingerprint density at radius 3 is 2.57 bits per heavy atom. The first kappa shape index (κ1) is 20.8. The molecule has 0 bridgehead atoms. The van der Waals surface area contributed by atoms with Crippen LogP contribution in [0.15, 0.2) is 36.9 Å². The van der Waals surface area contributed by atoms with Crippen molar-refractivity contribution >= 4 is 23.4 Å². The summed E-state index contributed by atoms with van der Waals surface area (Å²) in [6, 6.07) is 7.63. The summed E-state index contributed by atoms with van der Waals surface area (Å²) in [6.07, 6.45) is 4.20. The number of unbranched alkanes of at least 4 members (excludes halogenated alkanes) is 1. The Kier molecular flexibility index (Phi) is 5.30. The van der Waals surface area contributed by atoms with E-state index in [0.29, 0.717) is 19.0 Å². The third kappa shape index (κ3) is 2.77. The number of fused-ring (bicyclic) bond motifs is 4. The van der Waals surface area contributed by atoms with E-state index in [9.17, 15) is 14.4 Å². The van der Waals surface area contributed by atoms with Crippen molar-refractivity contribution in [2.75, 3.05) is 18.0 Å². The number of carbonyl (C=O) groups excluding carboxylic acids is 3. The van der Waals surface area contributed by atoms with Gasteiger partial charge in [-0.15, -0.1) is 6.58 Å². The number of amides is 3. The summed E-state index contributed by atoms with van der Waals surface area (Å²) in [6.45, 7) is 10.9. The van der Waals surface area contributed by atoms with Gasteiger partial charge in [0, 0.05) is 25.1 Å². The molecule has 1 aromatic carbocycles. The molecule has 0 radical (unpaired) electrons. The molecule has 0 aromatic heterocycles. The van der Waals surface area contributed by atoms with Crippen LogP contribution in [-0.2, 0) is 19.9 Å². The van der Waals surface area contributed by atoms with E-state index in [0.717, 1.165) is 30.5 Å². The van der Waals surface area contributed by atoms with Crippen LogP contribution in [0.4, 0.5) is 5.69 Å². The first-order chi connectivity index (χ1) is 14.4. The second-order valence-electron chi connectivity index (χ2n) is 9.24. The van der Waals surface area contributed by atoms with Crippen molar-refractivity contribution in [3.8, 4) is 0 Å². The van der Waals surface area contributed by atoms with E-state index in [1.54, 1.807) is 11.0 Å². The molecule has 3 aliphatic heterocycles. The smallest absolute Gasteiger partial charge is 0.294 e. The normalized spacial score (nSPS) is 30.0. The van der Waals surface area contributed by atoms with E-state index in [4.69, 9.17) is 0 Å². The van der Waals surface area contributed by atoms with Gasteiger partial charge < -0.3 is 10.2 Å². The fourth-order valence-corrected chi connectivity index (χ4v) is 5.78. The molecular formula is C24H32N3O3+. The number of quaternary nitrogens is 1. The van der Waals surface area contributed by atoms with Gasteiger partial charge in [-0.1, -0.05) is 51.5 Å². The van der Waals surface area contributed by atoms with Gasteiger partial charge in [-0.2, -0.15) is 0 Å². The van der Waals surface area contributed by atoms with Crippen LogP contribution in [0.1, 0.15) is 45.6 Å². The van der Waals surface area contributed by atoms with Crippen molar-refractivity contribution in [2.45, 2.75) is 51.6 Å². The molecule has 1 aromatic rings.